The van der Waals surface area contributed by atoms with Crippen LogP contribution in [0.1, 0.15) is 31.2 Å². The number of fused-ring (bicyclic) bond motifs is 2. The van der Waals surface area contributed by atoms with Gasteiger partial charge in [-0.1, -0.05) is 12.1 Å². The second-order valence-electron chi connectivity index (χ2n) is 5.54. The summed E-state index contributed by atoms with van der Waals surface area (Å²) in [6.07, 6.45) is 3.89. The van der Waals surface area contributed by atoms with Crippen LogP contribution in [0, 0.1) is 11.3 Å². The van der Waals surface area contributed by atoms with E-state index in [9.17, 15) is 8.42 Å². The van der Waals surface area contributed by atoms with Gasteiger partial charge in [0, 0.05) is 18.1 Å². The Labute approximate surface area is 119 Å². The first-order chi connectivity index (χ1) is 9.58. The van der Waals surface area contributed by atoms with Crippen molar-refractivity contribution in [3.63, 3.8) is 0 Å². The molecule has 2 unspecified atom stereocenters. The lowest BCUT2D eigenvalue weighted by atomic mass is 10.0. The monoisotopic (exact) mass is 291 g/mol. The molecule has 1 aromatic carbocycles. The number of rotatable bonds is 3. The Bertz CT molecular complexity index is 639. The predicted octanol–water partition coefficient (Wildman–Crippen LogP) is 1.12. The molecule has 2 heterocycles. The SMILES string of the molecule is N#Cc1ccccc1S(=O)(=O)NC1CC2CCC(C1)N2. The summed E-state index contributed by atoms with van der Waals surface area (Å²) in [6.45, 7) is 0. The lowest BCUT2D eigenvalue weighted by Gasteiger charge is -2.29. The van der Waals surface area contributed by atoms with Crippen LogP contribution in [0.25, 0.3) is 0 Å². The standard InChI is InChI=1S/C14H17N3O2S/c15-9-10-3-1-2-4-14(10)20(18,19)17-13-7-11-5-6-12(8-13)16-11/h1-4,11-13,16-17H,5-8H2. The molecule has 2 bridgehead atoms. The fraction of sp³-hybridized carbons (Fsp3) is 0.500. The van der Waals surface area contributed by atoms with E-state index in [1.807, 2.05) is 6.07 Å². The molecule has 106 valence electrons. The zero-order valence-corrected chi connectivity index (χ0v) is 11.9. The van der Waals surface area contributed by atoms with Crippen molar-refractivity contribution in [2.75, 3.05) is 0 Å². The van der Waals surface area contributed by atoms with E-state index < -0.39 is 10.0 Å². The van der Waals surface area contributed by atoms with Gasteiger partial charge in [0.05, 0.1) is 10.5 Å². The van der Waals surface area contributed by atoms with Crippen molar-refractivity contribution in [1.29, 1.82) is 5.26 Å². The Hall–Kier alpha value is -1.42. The molecule has 0 aliphatic carbocycles. The van der Waals surface area contributed by atoms with Gasteiger partial charge < -0.3 is 5.32 Å². The van der Waals surface area contributed by atoms with E-state index in [-0.39, 0.29) is 16.5 Å². The highest BCUT2D eigenvalue weighted by atomic mass is 32.2. The van der Waals surface area contributed by atoms with E-state index in [0.717, 1.165) is 25.7 Å². The van der Waals surface area contributed by atoms with Crippen LogP contribution in [0.3, 0.4) is 0 Å². The molecule has 0 radical (unpaired) electrons. The van der Waals surface area contributed by atoms with Crippen LogP contribution in [0.15, 0.2) is 29.2 Å². The smallest absolute Gasteiger partial charge is 0.242 e. The highest BCUT2D eigenvalue weighted by Gasteiger charge is 2.35. The van der Waals surface area contributed by atoms with E-state index in [1.54, 1.807) is 12.1 Å². The van der Waals surface area contributed by atoms with E-state index in [4.69, 9.17) is 5.26 Å². The van der Waals surface area contributed by atoms with Gasteiger partial charge >= 0.3 is 0 Å². The second-order valence-corrected chi connectivity index (χ2v) is 7.22. The minimum absolute atomic E-state index is 0.0366. The van der Waals surface area contributed by atoms with Gasteiger partial charge in [0.15, 0.2) is 0 Å². The molecule has 2 saturated heterocycles. The van der Waals surface area contributed by atoms with Crippen LogP contribution >= 0.6 is 0 Å². The van der Waals surface area contributed by atoms with Crippen LogP contribution < -0.4 is 10.0 Å². The summed E-state index contributed by atoms with van der Waals surface area (Å²) in [4.78, 5) is 0.0772. The third-order valence-corrected chi connectivity index (χ3v) is 5.67. The Kier molecular flexibility index (Phi) is 3.50. The third kappa shape index (κ3) is 2.57. The maximum absolute atomic E-state index is 12.4. The molecule has 20 heavy (non-hydrogen) atoms. The first-order valence-electron chi connectivity index (χ1n) is 6.86. The van der Waals surface area contributed by atoms with Gasteiger partial charge in [-0.2, -0.15) is 5.26 Å². The third-order valence-electron chi connectivity index (χ3n) is 4.09. The van der Waals surface area contributed by atoms with Crippen molar-refractivity contribution >= 4 is 10.0 Å². The maximum Gasteiger partial charge on any atom is 0.242 e. The molecule has 1 aromatic rings. The minimum atomic E-state index is -3.62. The topological polar surface area (TPSA) is 82.0 Å². The molecular formula is C14H17N3O2S. The van der Waals surface area contributed by atoms with Crippen molar-refractivity contribution in [3.05, 3.63) is 29.8 Å². The summed E-state index contributed by atoms with van der Waals surface area (Å²) in [7, 11) is -3.62. The molecule has 3 rings (SSSR count). The molecular weight excluding hydrogens is 274 g/mol. The Morgan fingerprint density at radius 2 is 1.85 bits per heavy atom. The zero-order valence-electron chi connectivity index (χ0n) is 11.0. The molecule has 6 heteroatoms. The lowest BCUT2D eigenvalue weighted by molar-refractivity contribution is 0.345. The first kappa shape index (κ1) is 13.6. The summed E-state index contributed by atoms with van der Waals surface area (Å²) in [5, 5.41) is 12.5. The van der Waals surface area contributed by atoms with Gasteiger partial charge in [-0.15, -0.1) is 0 Å². The molecule has 5 nitrogen and oxygen atoms in total. The summed E-state index contributed by atoms with van der Waals surface area (Å²) in [5.41, 5.74) is 0.192. The number of piperidine rings is 1. The summed E-state index contributed by atoms with van der Waals surface area (Å²) in [6, 6.07) is 9.07. The van der Waals surface area contributed by atoms with E-state index in [1.165, 1.54) is 12.1 Å². The highest BCUT2D eigenvalue weighted by molar-refractivity contribution is 7.89. The number of benzene rings is 1. The van der Waals surface area contributed by atoms with Gasteiger partial charge in [-0.3, -0.25) is 0 Å². The van der Waals surface area contributed by atoms with Gasteiger partial charge in [0.2, 0.25) is 10.0 Å². The predicted molar refractivity (Wildman–Crippen MR) is 74.4 cm³/mol. The van der Waals surface area contributed by atoms with Crippen LogP contribution in [0.4, 0.5) is 0 Å². The van der Waals surface area contributed by atoms with Gasteiger partial charge in [0.25, 0.3) is 0 Å². The van der Waals surface area contributed by atoms with Crippen molar-refractivity contribution in [2.45, 2.75) is 48.7 Å². The number of hydrogen-bond acceptors (Lipinski definition) is 4. The Balaban J connectivity index is 1.81. The van der Waals surface area contributed by atoms with E-state index >= 15 is 0 Å². The zero-order chi connectivity index (χ0) is 14.2. The Morgan fingerprint density at radius 1 is 1.20 bits per heavy atom. The molecule has 2 fully saturated rings. The molecule has 0 spiro atoms. The van der Waals surface area contributed by atoms with Crippen LogP contribution in [0.2, 0.25) is 0 Å². The van der Waals surface area contributed by atoms with Crippen molar-refractivity contribution in [1.82, 2.24) is 10.0 Å². The van der Waals surface area contributed by atoms with Crippen molar-refractivity contribution in [3.8, 4) is 6.07 Å². The van der Waals surface area contributed by atoms with E-state index in [2.05, 4.69) is 10.0 Å². The number of hydrogen-bond donors (Lipinski definition) is 2. The molecule has 2 aliphatic heterocycles. The van der Waals surface area contributed by atoms with Gasteiger partial charge in [-0.25, -0.2) is 13.1 Å². The molecule has 0 aromatic heterocycles. The van der Waals surface area contributed by atoms with Gasteiger partial charge in [-0.05, 0) is 37.8 Å². The summed E-state index contributed by atoms with van der Waals surface area (Å²) >= 11 is 0. The molecule has 2 atom stereocenters. The fourth-order valence-corrected chi connectivity index (χ4v) is 4.65. The number of nitriles is 1. The van der Waals surface area contributed by atoms with Crippen molar-refractivity contribution in [2.24, 2.45) is 0 Å². The van der Waals surface area contributed by atoms with Crippen molar-refractivity contribution < 1.29 is 8.42 Å². The fourth-order valence-electron chi connectivity index (χ4n) is 3.23. The molecule has 2 aliphatic rings. The minimum Gasteiger partial charge on any atom is -0.311 e. The highest BCUT2D eigenvalue weighted by Crippen LogP contribution is 2.28. The average molecular weight is 291 g/mol. The average Bonchev–Trinajstić information content (AvgIpc) is 2.77. The van der Waals surface area contributed by atoms with E-state index in [0.29, 0.717) is 12.1 Å². The first-order valence-corrected chi connectivity index (χ1v) is 8.34. The number of nitrogens with zero attached hydrogens (tertiary/aromatic N) is 1. The number of nitrogens with one attached hydrogen (secondary N) is 2. The summed E-state index contributed by atoms with van der Waals surface area (Å²) in [5.74, 6) is 0. The molecule has 0 amide bonds. The largest absolute Gasteiger partial charge is 0.311 e. The molecule has 2 N–H and O–H groups in total. The normalized spacial score (nSPS) is 29.1. The second kappa shape index (κ2) is 5.17. The van der Waals surface area contributed by atoms with Crippen LogP contribution in [-0.4, -0.2) is 26.5 Å². The quantitative estimate of drug-likeness (QED) is 0.874. The molecule has 0 saturated carbocycles. The van der Waals surface area contributed by atoms with Gasteiger partial charge in [0.1, 0.15) is 6.07 Å². The van der Waals surface area contributed by atoms with Crippen LogP contribution in [-0.2, 0) is 10.0 Å². The Morgan fingerprint density at radius 3 is 2.50 bits per heavy atom. The summed E-state index contributed by atoms with van der Waals surface area (Å²) < 4.78 is 27.6. The lowest BCUT2D eigenvalue weighted by Crippen LogP contribution is -2.48. The maximum atomic E-state index is 12.4. The van der Waals surface area contributed by atoms with Crippen LogP contribution in [0.5, 0.6) is 0 Å². The number of sulfonamides is 1.